The number of ether oxygens (including phenoxy) is 1. The normalized spacial score (nSPS) is 20.1. The lowest BCUT2D eigenvalue weighted by Crippen LogP contribution is -2.44. The van der Waals surface area contributed by atoms with Crippen molar-refractivity contribution in [3.63, 3.8) is 0 Å². The average molecular weight is 312 g/mol. The van der Waals surface area contributed by atoms with Crippen molar-refractivity contribution in [2.45, 2.75) is 58.2 Å². The van der Waals surface area contributed by atoms with E-state index in [9.17, 15) is 4.79 Å². The van der Waals surface area contributed by atoms with Crippen LogP contribution in [0.25, 0.3) is 0 Å². The first-order chi connectivity index (χ1) is 9.94. The lowest BCUT2D eigenvalue weighted by atomic mass is 10.1. The molecule has 0 saturated carbocycles. The topological polar surface area (TPSA) is 67.3 Å². The fraction of sp³-hybridized carbons (Fsp3) is 0.786. The van der Waals surface area contributed by atoms with E-state index in [1.165, 1.54) is 11.5 Å². The maximum absolute atomic E-state index is 12.2. The number of likely N-dealkylation sites (tertiary alicyclic amines) is 1. The predicted octanol–water partition coefficient (Wildman–Crippen LogP) is 2.42. The van der Waals surface area contributed by atoms with Crippen LogP contribution in [0.2, 0.25) is 0 Å². The van der Waals surface area contributed by atoms with Crippen molar-refractivity contribution in [3.05, 3.63) is 11.1 Å². The third-order valence-corrected chi connectivity index (χ3v) is 3.85. The number of carbonyl (C=O) groups excluding carboxylic acids is 1. The van der Waals surface area contributed by atoms with Crippen LogP contribution >= 0.6 is 11.5 Å². The second kappa shape index (κ2) is 7.17. The van der Waals surface area contributed by atoms with E-state index in [-0.39, 0.29) is 12.1 Å². The Bertz CT molecular complexity index is 444. The number of nitrogens with one attached hydrogen (secondary N) is 1. The van der Waals surface area contributed by atoms with Crippen LogP contribution in [0.3, 0.4) is 0 Å². The molecule has 1 amide bonds. The summed E-state index contributed by atoms with van der Waals surface area (Å²) in [6.45, 7) is 7.84. The molecule has 2 heterocycles. The molecule has 0 aromatic carbocycles. The summed E-state index contributed by atoms with van der Waals surface area (Å²) < 4.78 is 9.33. The summed E-state index contributed by atoms with van der Waals surface area (Å²) >= 11 is 1.36. The van der Waals surface area contributed by atoms with Gasteiger partial charge in [-0.15, -0.1) is 5.10 Å². The summed E-state index contributed by atoms with van der Waals surface area (Å²) in [5.41, 5.74) is 0.506. The van der Waals surface area contributed by atoms with Crippen LogP contribution < -0.4 is 5.32 Å². The molecule has 0 aliphatic carbocycles. The molecule has 1 unspecified atom stereocenters. The zero-order chi connectivity index (χ0) is 15.3. The fourth-order valence-electron chi connectivity index (χ4n) is 2.31. The standard InChI is InChI=1S/C14H24N4O2S/c1-14(2,3)20-13(19)18-7-5-4-6-11(9-18)15-8-12-10-21-17-16-12/h10-11,15H,4-9H2,1-3H3. The Balaban J connectivity index is 1.87. The zero-order valence-electron chi connectivity index (χ0n) is 13.0. The molecule has 118 valence electrons. The van der Waals surface area contributed by atoms with E-state index in [1.54, 1.807) is 0 Å². The highest BCUT2D eigenvalue weighted by Gasteiger charge is 2.26. The summed E-state index contributed by atoms with van der Waals surface area (Å²) in [4.78, 5) is 14.0. The van der Waals surface area contributed by atoms with Gasteiger partial charge < -0.3 is 15.0 Å². The van der Waals surface area contributed by atoms with Crippen molar-refractivity contribution >= 4 is 17.6 Å². The van der Waals surface area contributed by atoms with Crippen molar-refractivity contribution in [2.75, 3.05) is 13.1 Å². The minimum absolute atomic E-state index is 0.216. The van der Waals surface area contributed by atoms with E-state index in [2.05, 4.69) is 14.9 Å². The molecule has 6 nitrogen and oxygen atoms in total. The monoisotopic (exact) mass is 312 g/mol. The van der Waals surface area contributed by atoms with Gasteiger partial charge >= 0.3 is 6.09 Å². The molecule has 0 spiro atoms. The van der Waals surface area contributed by atoms with Gasteiger partial charge in [0.1, 0.15) is 5.60 Å². The molecule has 2 rings (SSSR count). The summed E-state index contributed by atoms with van der Waals surface area (Å²) in [7, 11) is 0. The highest BCUT2D eigenvalue weighted by molar-refractivity contribution is 7.03. The SMILES string of the molecule is CC(C)(C)OC(=O)N1CCCCC(NCc2csnn2)C1. The number of hydrogen-bond donors (Lipinski definition) is 1. The Morgan fingerprint density at radius 3 is 3.00 bits per heavy atom. The molecule has 1 aromatic rings. The van der Waals surface area contributed by atoms with E-state index in [4.69, 9.17) is 4.74 Å². The van der Waals surface area contributed by atoms with Crippen molar-refractivity contribution in [1.29, 1.82) is 0 Å². The Kier molecular flexibility index (Phi) is 5.52. The Labute approximate surface area is 130 Å². The van der Waals surface area contributed by atoms with Crippen molar-refractivity contribution in [2.24, 2.45) is 0 Å². The Morgan fingerprint density at radius 2 is 2.33 bits per heavy atom. The van der Waals surface area contributed by atoms with Gasteiger partial charge in [0.25, 0.3) is 0 Å². The minimum Gasteiger partial charge on any atom is -0.444 e. The smallest absolute Gasteiger partial charge is 0.410 e. The summed E-state index contributed by atoms with van der Waals surface area (Å²) in [6, 6.07) is 0.279. The van der Waals surface area contributed by atoms with Crippen LogP contribution in [-0.4, -0.2) is 45.3 Å². The first-order valence-corrected chi connectivity index (χ1v) is 8.25. The number of rotatable bonds is 3. The zero-order valence-corrected chi connectivity index (χ0v) is 13.8. The van der Waals surface area contributed by atoms with E-state index < -0.39 is 5.60 Å². The van der Waals surface area contributed by atoms with Crippen LogP contribution in [0.15, 0.2) is 5.38 Å². The van der Waals surface area contributed by atoms with Gasteiger partial charge in [-0.05, 0) is 45.1 Å². The minimum atomic E-state index is -0.446. The molecule has 0 bridgehead atoms. The molecular weight excluding hydrogens is 288 g/mol. The number of nitrogens with zero attached hydrogens (tertiary/aromatic N) is 3. The molecule has 1 atom stereocenters. The molecule has 1 fully saturated rings. The highest BCUT2D eigenvalue weighted by Crippen LogP contribution is 2.15. The number of aromatic nitrogens is 2. The highest BCUT2D eigenvalue weighted by atomic mass is 32.1. The summed E-state index contributed by atoms with van der Waals surface area (Å²) in [5, 5.41) is 9.43. The molecular formula is C14H24N4O2S. The van der Waals surface area contributed by atoms with Gasteiger partial charge in [0.2, 0.25) is 0 Å². The first kappa shape index (κ1) is 16.2. The molecule has 1 saturated heterocycles. The maximum Gasteiger partial charge on any atom is 0.410 e. The van der Waals surface area contributed by atoms with Crippen LogP contribution in [0.5, 0.6) is 0 Å². The van der Waals surface area contributed by atoms with Crippen LogP contribution in [0, 0.1) is 0 Å². The second-order valence-electron chi connectivity index (χ2n) is 6.40. The largest absolute Gasteiger partial charge is 0.444 e. The fourth-order valence-corrected chi connectivity index (χ4v) is 2.76. The maximum atomic E-state index is 12.2. The van der Waals surface area contributed by atoms with Crippen molar-refractivity contribution in [3.8, 4) is 0 Å². The molecule has 0 radical (unpaired) electrons. The van der Waals surface area contributed by atoms with Gasteiger partial charge in [-0.3, -0.25) is 0 Å². The van der Waals surface area contributed by atoms with E-state index in [0.717, 1.165) is 31.5 Å². The quantitative estimate of drug-likeness (QED) is 0.928. The van der Waals surface area contributed by atoms with Crippen LogP contribution in [0.4, 0.5) is 4.79 Å². The molecule has 1 aromatic heterocycles. The third kappa shape index (κ3) is 5.59. The van der Waals surface area contributed by atoms with Crippen LogP contribution in [0.1, 0.15) is 45.7 Å². The Morgan fingerprint density at radius 1 is 1.52 bits per heavy atom. The van der Waals surface area contributed by atoms with Crippen molar-refractivity contribution in [1.82, 2.24) is 19.8 Å². The number of hydrogen-bond acceptors (Lipinski definition) is 6. The second-order valence-corrected chi connectivity index (χ2v) is 7.01. The van der Waals surface area contributed by atoms with Gasteiger partial charge in [-0.25, -0.2) is 4.79 Å². The average Bonchev–Trinajstić information content (AvgIpc) is 2.78. The van der Waals surface area contributed by atoms with Gasteiger partial charge in [0.05, 0.1) is 5.69 Å². The van der Waals surface area contributed by atoms with Crippen LogP contribution in [-0.2, 0) is 11.3 Å². The molecule has 1 aliphatic rings. The van der Waals surface area contributed by atoms with E-state index >= 15 is 0 Å². The first-order valence-electron chi connectivity index (χ1n) is 7.41. The molecule has 21 heavy (non-hydrogen) atoms. The molecule has 1 N–H and O–H groups in total. The van der Waals surface area contributed by atoms with Gasteiger partial charge in [0.15, 0.2) is 0 Å². The molecule has 7 heteroatoms. The van der Waals surface area contributed by atoms with E-state index in [1.807, 2.05) is 31.1 Å². The van der Waals surface area contributed by atoms with Crippen molar-refractivity contribution < 1.29 is 9.53 Å². The van der Waals surface area contributed by atoms with Gasteiger partial charge in [-0.2, -0.15) is 0 Å². The predicted molar refractivity (Wildman–Crippen MR) is 82.2 cm³/mol. The third-order valence-electron chi connectivity index (χ3n) is 3.30. The van der Waals surface area contributed by atoms with Gasteiger partial charge in [-0.1, -0.05) is 10.9 Å². The number of amides is 1. The lowest BCUT2D eigenvalue weighted by molar-refractivity contribution is 0.0243. The number of carbonyl (C=O) groups is 1. The van der Waals surface area contributed by atoms with Gasteiger partial charge in [0, 0.05) is 31.1 Å². The lowest BCUT2D eigenvalue weighted by Gasteiger charge is -2.28. The molecule has 1 aliphatic heterocycles. The summed E-state index contributed by atoms with van der Waals surface area (Å²) in [5.74, 6) is 0. The Hall–Kier alpha value is -1.21. The van der Waals surface area contributed by atoms with E-state index in [0.29, 0.717) is 13.1 Å². The summed E-state index contributed by atoms with van der Waals surface area (Å²) in [6.07, 6.45) is 2.99.